The van der Waals surface area contributed by atoms with Crippen LogP contribution < -0.4 is 10.6 Å². The number of amides is 1. The summed E-state index contributed by atoms with van der Waals surface area (Å²) >= 11 is 0. The second kappa shape index (κ2) is 8.86. The molecule has 150 valence electrons. The number of aromatic nitrogens is 4. The zero-order valence-corrected chi connectivity index (χ0v) is 16.4. The number of benzene rings is 2. The Kier molecular flexibility index (Phi) is 5.84. The molecular formula is C22H26N6O. The molecule has 0 radical (unpaired) electrons. The number of hydrogen-bond donors (Lipinski definition) is 1. The summed E-state index contributed by atoms with van der Waals surface area (Å²) < 4.78 is 1.86. The Bertz CT molecular complexity index is 937. The quantitative estimate of drug-likeness (QED) is 0.670. The number of piperidine rings is 1. The number of nitrogens with two attached hydrogens (primary N) is 1. The summed E-state index contributed by atoms with van der Waals surface area (Å²) in [5, 5.41) is 12.4. The zero-order chi connectivity index (χ0) is 20.1. The first-order chi connectivity index (χ1) is 14.2. The molecule has 0 spiro atoms. The molecule has 1 atom stereocenters. The lowest BCUT2D eigenvalue weighted by Gasteiger charge is -2.32. The van der Waals surface area contributed by atoms with Crippen molar-refractivity contribution in [2.75, 3.05) is 18.0 Å². The number of anilines is 1. The lowest BCUT2D eigenvalue weighted by molar-refractivity contribution is -0.118. The maximum Gasteiger partial charge on any atom is 0.245 e. The fraction of sp³-hybridized carbons (Fsp3) is 0.364. The number of carbonyl (C=O) groups excluding carboxylic acids is 1. The molecule has 0 saturated carbocycles. The fourth-order valence-electron chi connectivity index (χ4n) is 3.96. The van der Waals surface area contributed by atoms with Crippen LogP contribution >= 0.6 is 0 Å². The van der Waals surface area contributed by atoms with Gasteiger partial charge in [-0.05, 0) is 52.3 Å². The predicted molar refractivity (Wildman–Crippen MR) is 112 cm³/mol. The van der Waals surface area contributed by atoms with E-state index in [4.69, 9.17) is 5.73 Å². The highest BCUT2D eigenvalue weighted by atomic mass is 16.1. The molecule has 0 aliphatic carbocycles. The predicted octanol–water partition coefficient (Wildman–Crippen LogP) is 2.87. The molecule has 2 heterocycles. The third-order valence-electron chi connectivity index (χ3n) is 5.51. The summed E-state index contributed by atoms with van der Waals surface area (Å²) in [6, 6.07) is 18.9. The molecule has 2 N–H and O–H groups in total. The van der Waals surface area contributed by atoms with Crippen molar-refractivity contribution in [3.8, 4) is 11.1 Å². The van der Waals surface area contributed by atoms with Crippen LogP contribution in [0.3, 0.4) is 0 Å². The lowest BCUT2D eigenvalue weighted by atomic mass is 9.93. The van der Waals surface area contributed by atoms with E-state index in [9.17, 15) is 4.79 Å². The Morgan fingerprint density at radius 2 is 1.83 bits per heavy atom. The van der Waals surface area contributed by atoms with Crippen LogP contribution in [-0.4, -0.2) is 39.2 Å². The minimum Gasteiger partial charge on any atom is -0.370 e. The molecule has 1 aliphatic rings. The van der Waals surface area contributed by atoms with Gasteiger partial charge in [-0.3, -0.25) is 4.79 Å². The number of hydrogen-bond acceptors (Lipinski definition) is 5. The van der Waals surface area contributed by atoms with Crippen molar-refractivity contribution in [3.63, 3.8) is 0 Å². The van der Waals surface area contributed by atoms with E-state index in [1.54, 1.807) is 0 Å². The number of tetrazole rings is 1. The fourth-order valence-corrected chi connectivity index (χ4v) is 3.96. The molecule has 7 heteroatoms. The van der Waals surface area contributed by atoms with Crippen molar-refractivity contribution in [1.82, 2.24) is 20.2 Å². The maximum atomic E-state index is 11.1. The minimum atomic E-state index is -0.231. The summed E-state index contributed by atoms with van der Waals surface area (Å²) in [4.78, 5) is 13.3. The molecule has 0 bridgehead atoms. The maximum absolute atomic E-state index is 11.1. The Morgan fingerprint density at radius 3 is 2.59 bits per heavy atom. The van der Waals surface area contributed by atoms with Crippen molar-refractivity contribution in [2.45, 2.75) is 32.2 Å². The normalized spacial score (nSPS) is 16.7. The first kappa shape index (κ1) is 19.1. The van der Waals surface area contributed by atoms with Gasteiger partial charge in [0.05, 0.1) is 6.54 Å². The van der Waals surface area contributed by atoms with E-state index < -0.39 is 0 Å². The Morgan fingerprint density at radius 1 is 1.07 bits per heavy atom. The smallest absolute Gasteiger partial charge is 0.245 e. The van der Waals surface area contributed by atoms with Crippen LogP contribution in [0.1, 0.15) is 31.2 Å². The second-order valence-electron chi connectivity index (χ2n) is 7.66. The summed E-state index contributed by atoms with van der Waals surface area (Å²) in [7, 11) is 0. The molecule has 1 aliphatic heterocycles. The molecule has 7 nitrogen and oxygen atoms in total. The SMILES string of the molecule is NC(=O)CC[C@H]1CCCN(c2nnnn2Cc2ccc(-c3ccccc3)cc2)C1. The first-order valence-corrected chi connectivity index (χ1v) is 10.1. The van der Waals surface area contributed by atoms with E-state index in [1.807, 2.05) is 22.9 Å². The van der Waals surface area contributed by atoms with Crippen molar-refractivity contribution in [2.24, 2.45) is 11.7 Å². The van der Waals surface area contributed by atoms with Crippen molar-refractivity contribution in [3.05, 3.63) is 60.2 Å². The van der Waals surface area contributed by atoms with Gasteiger partial charge in [0.25, 0.3) is 0 Å². The van der Waals surface area contributed by atoms with E-state index in [0.717, 1.165) is 43.9 Å². The van der Waals surface area contributed by atoms with Gasteiger partial charge in [0.15, 0.2) is 0 Å². The van der Waals surface area contributed by atoms with Crippen LogP contribution in [0.4, 0.5) is 5.95 Å². The van der Waals surface area contributed by atoms with Crippen LogP contribution in [0, 0.1) is 5.92 Å². The number of nitrogens with zero attached hydrogens (tertiary/aromatic N) is 5. The zero-order valence-electron chi connectivity index (χ0n) is 16.4. The molecule has 1 aromatic heterocycles. The molecule has 29 heavy (non-hydrogen) atoms. The molecule has 3 aromatic rings. The highest BCUT2D eigenvalue weighted by molar-refractivity contribution is 5.73. The van der Waals surface area contributed by atoms with Gasteiger partial charge in [-0.2, -0.15) is 0 Å². The van der Waals surface area contributed by atoms with Crippen molar-refractivity contribution >= 4 is 11.9 Å². The molecule has 1 saturated heterocycles. The lowest BCUT2D eigenvalue weighted by Crippen LogP contribution is -2.37. The topological polar surface area (TPSA) is 89.9 Å². The van der Waals surface area contributed by atoms with Crippen LogP contribution in [0.2, 0.25) is 0 Å². The Labute approximate surface area is 170 Å². The van der Waals surface area contributed by atoms with E-state index in [2.05, 4.69) is 56.8 Å². The molecule has 0 unspecified atom stereocenters. The van der Waals surface area contributed by atoms with Gasteiger partial charge in [-0.25, -0.2) is 4.68 Å². The first-order valence-electron chi connectivity index (χ1n) is 10.1. The van der Waals surface area contributed by atoms with Crippen LogP contribution in [0.15, 0.2) is 54.6 Å². The molecule has 1 fully saturated rings. The van der Waals surface area contributed by atoms with E-state index in [0.29, 0.717) is 18.9 Å². The monoisotopic (exact) mass is 390 g/mol. The average molecular weight is 390 g/mol. The summed E-state index contributed by atoms with van der Waals surface area (Å²) in [5.74, 6) is 1.01. The third kappa shape index (κ3) is 4.80. The summed E-state index contributed by atoms with van der Waals surface area (Å²) in [6.07, 6.45) is 3.46. The van der Waals surface area contributed by atoms with Crippen molar-refractivity contribution in [1.29, 1.82) is 0 Å². The van der Waals surface area contributed by atoms with Crippen LogP contribution in [-0.2, 0) is 11.3 Å². The van der Waals surface area contributed by atoms with Gasteiger partial charge < -0.3 is 10.6 Å². The highest BCUT2D eigenvalue weighted by Gasteiger charge is 2.24. The second-order valence-corrected chi connectivity index (χ2v) is 7.66. The molecular weight excluding hydrogens is 364 g/mol. The number of carbonyl (C=O) groups is 1. The van der Waals surface area contributed by atoms with Gasteiger partial charge in [-0.1, -0.05) is 59.7 Å². The van der Waals surface area contributed by atoms with Gasteiger partial charge in [0.2, 0.25) is 11.9 Å². The van der Waals surface area contributed by atoms with Gasteiger partial charge in [-0.15, -0.1) is 0 Å². The van der Waals surface area contributed by atoms with Crippen molar-refractivity contribution < 1.29 is 4.79 Å². The van der Waals surface area contributed by atoms with Gasteiger partial charge >= 0.3 is 0 Å². The van der Waals surface area contributed by atoms with Gasteiger partial charge in [0.1, 0.15) is 0 Å². The Balaban J connectivity index is 1.43. The van der Waals surface area contributed by atoms with E-state index in [1.165, 1.54) is 11.1 Å². The number of primary amides is 1. The third-order valence-corrected chi connectivity index (χ3v) is 5.51. The standard InChI is InChI=1S/C22H26N6O/c23-21(29)13-10-17-5-4-14-27(15-17)22-24-25-26-28(22)16-18-8-11-20(12-9-18)19-6-2-1-3-7-19/h1-3,6-9,11-12,17H,4-5,10,13-16H2,(H2,23,29)/t17-/m1/s1. The van der Waals surface area contributed by atoms with E-state index >= 15 is 0 Å². The average Bonchev–Trinajstić information content (AvgIpc) is 3.22. The minimum absolute atomic E-state index is 0.231. The summed E-state index contributed by atoms with van der Waals surface area (Å²) in [6.45, 7) is 2.42. The van der Waals surface area contributed by atoms with Gasteiger partial charge in [0, 0.05) is 19.5 Å². The molecule has 1 amide bonds. The Hall–Kier alpha value is -3.22. The largest absolute Gasteiger partial charge is 0.370 e. The molecule has 2 aromatic carbocycles. The van der Waals surface area contributed by atoms with Crippen LogP contribution in [0.25, 0.3) is 11.1 Å². The highest BCUT2D eigenvalue weighted by Crippen LogP contribution is 2.25. The molecule has 4 rings (SSSR count). The van der Waals surface area contributed by atoms with Crippen LogP contribution in [0.5, 0.6) is 0 Å². The summed E-state index contributed by atoms with van der Waals surface area (Å²) in [5.41, 5.74) is 8.86. The van der Waals surface area contributed by atoms with E-state index in [-0.39, 0.29) is 5.91 Å². The number of rotatable bonds is 7.